The average Bonchev–Trinajstić information content (AvgIpc) is 3.23. The fraction of sp³-hybridized carbons (Fsp3) is 0.278. The molecule has 3 heterocycles. The number of nitrogen functional groups attached to an aromatic ring is 1. The van der Waals surface area contributed by atoms with Crippen molar-refractivity contribution < 1.29 is 9.18 Å². The summed E-state index contributed by atoms with van der Waals surface area (Å²) in [6.07, 6.45) is 2.01. The minimum Gasteiger partial charge on any atom is -0.382 e. The third-order valence-corrected chi connectivity index (χ3v) is 4.60. The first-order valence-corrected chi connectivity index (χ1v) is 8.26. The molecular formula is C18H18FN5O. The van der Waals surface area contributed by atoms with Crippen LogP contribution >= 0.6 is 0 Å². The lowest BCUT2D eigenvalue weighted by atomic mass is 10.1. The summed E-state index contributed by atoms with van der Waals surface area (Å²) in [4.78, 5) is 19.2. The van der Waals surface area contributed by atoms with Crippen molar-refractivity contribution in [2.45, 2.75) is 19.8 Å². The summed E-state index contributed by atoms with van der Waals surface area (Å²) in [5, 5.41) is 4.46. The van der Waals surface area contributed by atoms with Gasteiger partial charge in [0.15, 0.2) is 23.1 Å². The van der Waals surface area contributed by atoms with Gasteiger partial charge in [0, 0.05) is 18.7 Å². The average molecular weight is 339 g/mol. The summed E-state index contributed by atoms with van der Waals surface area (Å²) in [5.41, 5.74) is 7.53. The molecule has 0 amide bonds. The second kappa shape index (κ2) is 5.84. The quantitative estimate of drug-likeness (QED) is 0.777. The predicted octanol–water partition coefficient (Wildman–Crippen LogP) is 2.75. The number of aryl methyl sites for hydroxylation is 1. The summed E-state index contributed by atoms with van der Waals surface area (Å²) in [6.45, 7) is 3.36. The van der Waals surface area contributed by atoms with E-state index in [0.29, 0.717) is 10.9 Å². The molecule has 3 aromatic rings. The molecule has 0 spiro atoms. The third-order valence-electron chi connectivity index (χ3n) is 4.60. The van der Waals surface area contributed by atoms with Gasteiger partial charge in [-0.2, -0.15) is 4.68 Å². The Labute approximate surface area is 144 Å². The van der Waals surface area contributed by atoms with E-state index in [2.05, 4.69) is 10.1 Å². The van der Waals surface area contributed by atoms with Gasteiger partial charge < -0.3 is 10.6 Å². The topological polar surface area (TPSA) is 77.0 Å². The molecule has 0 atom stereocenters. The van der Waals surface area contributed by atoms with Crippen LogP contribution in [0.25, 0.3) is 11.0 Å². The molecule has 128 valence electrons. The number of nitrogens with zero attached hydrogens (tertiary/aromatic N) is 4. The summed E-state index contributed by atoms with van der Waals surface area (Å²) in [7, 11) is 0. The van der Waals surface area contributed by atoms with E-state index in [9.17, 15) is 9.18 Å². The molecule has 1 saturated heterocycles. The van der Waals surface area contributed by atoms with Gasteiger partial charge in [-0.3, -0.25) is 4.79 Å². The zero-order valence-electron chi connectivity index (χ0n) is 13.9. The van der Waals surface area contributed by atoms with Crippen molar-refractivity contribution in [3.63, 3.8) is 0 Å². The Hall–Kier alpha value is -2.96. The number of carbonyl (C=O) groups excluding carboxylic acids is 1. The standard InChI is InChI=1S/C18H18FN5O/c1-11-6-2-3-7-12(11)18(25)24-16-13(15(20)22-24)10-14(19)17(21-16)23-8-4-5-9-23/h2-3,6-7,10H,4-5,8-9H2,1H3,(H2,20,22). The molecule has 25 heavy (non-hydrogen) atoms. The van der Waals surface area contributed by atoms with Crippen molar-refractivity contribution in [2.24, 2.45) is 0 Å². The molecule has 2 aromatic heterocycles. The fourth-order valence-electron chi connectivity index (χ4n) is 3.25. The smallest absolute Gasteiger partial charge is 0.280 e. The van der Waals surface area contributed by atoms with Crippen molar-refractivity contribution in [2.75, 3.05) is 23.7 Å². The maximum Gasteiger partial charge on any atom is 0.280 e. The number of aromatic nitrogens is 3. The van der Waals surface area contributed by atoms with Gasteiger partial charge in [0.05, 0.1) is 5.39 Å². The van der Waals surface area contributed by atoms with Crippen LogP contribution in [-0.4, -0.2) is 33.8 Å². The van der Waals surface area contributed by atoms with Gasteiger partial charge >= 0.3 is 0 Å². The number of carbonyl (C=O) groups is 1. The maximum atomic E-state index is 14.5. The third kappa shape index (κ3) is 2.52. The van der Waals surface area contributed by atoms with Gasteiger partial charge in [-0.25, -0.2) is 9.37 Å². The van der Waals surface area contributed by atoms with E-state index >= 15 is 0 Å². The molecule has 2 N–H and O–H groups in total. The highest BCUT2D eigenvalue weighted by molar-refractivity contribution is 6.03. The molecule has 0 unspecified atom stereocenters. The van der Waals surface area contributed by atoms with Gasteiger partial charge in [-0.15, -0.1) is 5.10 Å². The first-order chi connectivity index (χ1) is 12.1. The summed E-state index contributed by atoms with van der Waals surface area (Å²) in [6, 6.07) is 8.55. The van der Waals surface area contributed by atoms with E-state index in [4.69, 9.17) is 5.73 Å². The van der Waals surface area contributed by atoms with E-state index in [1.807, 2.05) is 24.0 Å². The van der Waals surface area contributed by atoms with Crippen LogP contribution in [-0.2, 0) is 0 Å². The van der Waals surface area contributed by atoms with Gasteiger partial charge in [0.25, 0.3) is 5.91 Å². The molecule has 1 aliphatic rings. The Morgan fingerprint density at radius 3 is 2.68 bits per heavy atom. The van der Waals surface area contributed by atoms with Crippen LogP contribution in [0.5, 0.6) is 0 Å². The Balaban J connectivity index is 1.88. The minimum atomic E-state index is -0.441. The predicted molar refractivity (Wildman–Crippen MR) is 94.3 cm³/mol. The monoisotopic (exact) mass is 339 g/mol. The summed E-state index contributed by atoms with van der Waals surface area (Å²) in [5.74, 6) is -0.421. The fourth-order valence-corrected chi connectivity index (χ4v) is 3.25. The van der Waals surface area contributed by atoms with Crippen LogP contribution in [0, 0.1) is 12.7 Å². The van der Waals surface area contributed by atoms with Crippen LogP contribution < -0.4 is 10.6 Å². The minimum absolute atomic E-state index is 0.0938. The van der Waals surface area contributed by atoms with E-state index in [0.717, 1.165) is 31.5 Å². The SMILES string of the molecule is Cc1ccccc1C(=O)n1nc(N)c2cc(F)c(N3CCCC3)nc21. The Morgan fingerprint density at radius 2 is 1.96 bits per heavy atom. The Bertz CT molecular complexity index is 975. The Kier molecular flexibility index (Phi) is 3.63. The van der Waals surface area contributed by atoms with Crippen molar-refractivity contribution in [1.82, 2.24) is 14.8 Å². The van der Waals surface area contributed by atoms with Gasteiger partial charge in [0.2, 0.25) is 0 Å². The number of nitrogens with two attached hydrogens (primary N) is 1. The van der Waals surface area contributed by atoms with E-state index in [1.165, 1.54) is 10.7 Å². The maximum absolute atomic E-state index is 14.5. The lowest BCUT2D eigenvalue weighted by molar-refractivity contribution is 0.0949. The number of benzene rings is 1. The lowest BCUT2D eigenvalue weighted by Gasteiger charge is -2.17. The van der Waals surface area contributed by atoms with Crippen molar-refractivity contribution in [1.29, 1.82) is 0 Å². The zero-order chi connectivity index (χ0) is 17.6. The Morgan fingerprint density at radius 1 is 1.24 bits per heavy atom. The molecule has 6 nitrogen and oxygen atoms in total. The van der Waals surface area contributed by atoms with Gasteiger partial charge in [-0.1, -0.05) is 18.2 Å². The number of anilines is 2. The van der Waals surface area contributed by atoms with Crippen molar-refractivity contribution in [3.05, 3.63) is 47.3 Å². The highest BCUT2D eigenvalue weighted by Crippen LogP contribution is 2.28. The second-order valence-corrected chi connectivity index (χ2v) is 6.28. The molecule has 1 aromatic carbocycles. The first kappa shape index (κ1) is 15.6. The summed E-state index contributed by atoms with van der Waals surface area (Å²) < 4.78 is 15.6. The van der Waals surface area contributed by atoms with Crippen LogP contribution in [0.1, 0.15) is 28.8 Å². The van der Waals surface area contributed by atoms with Crippen molar-refractivity contribution in [3.8, 4) is 0 Å². The molecule has 1 aliphatic heterocycles. The number of hydrogen-bond acceptors (Lipinski definition) is 5. The van der Waals surface area contributed by atoms with Gasteiger partial charge in [0.1, 0.15) is 0 Å². The molecule has 0 radical (unpaired) electrons. The molecule has 4 rings (SSSR count). The number of fused-ring (bicyclic) bond motifs is 1. The molecule has 0 aliphatic carbocycles. The molecule has 0 bridgehead atoms. The van der Waals surface area contributed by atoms with E-state index < -0.39 is 5.82 Å². The van der Waals surface area contributed by atoms with E-state index in [1.54, 1.807) is 12.1 Å². The molecule has 1 fully saturated rings. The van der Waals surface area contributed by atoms with Crippen molar-refractivity contribution >= 4 is 28.6 Å². The first-order valence-electron chi connectivity index (χ1n) is 8.26. The van der Waals surface area contributed by atoms with Crippen LogP contribution in [0.2, 0.25) is 0 Å². The molecule has 7 heteroatoms. The summed E-state index contributed by atoms with van der Waals surface area (Å²) >= 11 is 0. The number of hydrogen-bond donors (Lipinski definition) is 1. The normalized spacial score (nSPS) is 14.4. The number of halogens is 1. The van der Waals surface area contributed by atoms with Crippen LogP contribution in [0.15, 0.2) is 30.3 Å². The molecular weight excluding hydrogens is 321 g/mol. The van der Waals surface area contributed by atoms with Gasteiger partial charge in [-0.05, 0) is 37.5 Å². The van der Waals surface area contributed by atoms with Crippen LogP contribution in [0.3, 0.4) is 0 Å². The largest absolute Gasteiger partial charge is 0.382 e. The number of rotatable bonds is 2. The lowest BCUT2D eigenvalue weighted by Crippen LogP contribution is -2.21. The van der Waals surface area contributed by atoms with E-state index in [-0.39, 0.29) is 23.2 Å². The number of pyridine rings is 1. The molecule has 0 saturated carbocycles. The second-order valence-electron chi connectivity index (χ2n) is 6.28. The van der Waals surface area contributed by atoms with Crippen LogP contribution in [0.4, 0.5) is 16.0 Å². The zero-order valence-corrected chi connectivity index (χ0v) is 13.9. The highest BCUT2D eigenvalue weighted by atomic mass is 19.1. The highest BCUT2D eigenvalue weighted by Gasteiger charge is 2.23.